The Morgan fingerprint density at radius 1 is 0.852 bits per heavy atom. The van der Waals surface area contributed by atoms with E-state index < -0.39 is 0 Å². The van der Waals surface area contributed by atoms with Gasteiger partial charge in [-0.1, -0.05) is 24.3 Å². The average molecular weight is 368 g/mol. The molecule has 0 aliphatic carbocycles. The van der Waals surface area contributed by atoms with Crippen molar-refractivity contribution in [2.75, 3.05) is 24.9 Å². The van der Waals surface area contributed by atoms with Gasteiger partial charge < -0.3 is 20.1 Å². The zero-order valence-electron chi connectivity index (χ0n) is 15.2. The summed E-state index contributed by atoms with van der Waals surface area (Å²) in [4.78, 5) is 8.38. The molecular weight excluding hydrogens is 347 g/mol. The summed E-state index contributed by atoms with van der Waals surface area (Å²) in [5.41, 5.74) is 1.60. The summed E-state index contributed by atoms with van der Waals surface area (Å²) in [5, 5.41) is 6.34. The fourth-order valence-electron chi connectivity index (χ4n) is 2.56. The molecule has 2 N–H and O–H groups in total. The summed E-state index contributed by atoms with van der Waals surface area (Å²) in [5.74, 6) is 2.39. The van der Waals surface area contributed by atoms with Crippen molar-refractivity contribution in [3.05, 3.63) is 71.8 Å². The lowest BCUT2D eigenvalue weighted by molar-refractivity contribution is 0.354. The van der Waals surface area contributed by atoms with Gasteiger partial charge in [0.2, 0.25) is 0 Å². The molecule has 0 spiro atoms. The number of rotatable bonds is 8. The predicted molar refractivity (Wildman–Crippen MR) is 103 cm³/mol. The van der Waals surface area contributed by atoms with Gasteiger partial charge in [0.15, 0.2) is 11.5 Å². The van der Waals surface area contributed by atoms with E-state index in [4.69, 9.17) is 9.47 Å². The Morgan fingerprint density at radius 3 is 2.26 bits per heavy atom. The van der Waals surface area contributed by atoms with Gasteiger partial charge in [0.1, 0.15) is 23.8 Å². The topological polar surface area (TPSA) is 68.3 Å². The van der Waals surface area contributed by atoms with Gasteiger partial charge in [-0.05, 0) is 23.8 Å². The van der Waals surface area contributed by atoms with Crippen LogP contribution in [0.2, 0.25) is 0 Å². The average Bonchev–Trinajstić information content (AvgIpc) is 2.71. The smallest absolute Gasteiger partial charge is 0.161 e. The number of ether oxygens (including phenoxy) is 2. The normalized spacial score (nSPS) is 10.3. The molecule has 0 radical (unpaired) electrons. The van der Waals surface area contributed by atoms with Crippen molar-refractivity contribution in [3.8, 4) is 11.5 Å². The van der Waals surface area contributed by atoms with Crippen LogP contribution in [0.15, 0.2) is 54.9 Å². The molecule has 2 aromatic carbocycles. The molecule has 0 unspecified atom stereocenters. The Bertz CT molecular complexity index is 905. The fraction of sp³-hybridized carbons (Fsp3) is 0.200. The highest BCUT2D eigenvalue weighted by molar-refractivity contribution is 5.48. The summed E-state index contributed by atoms with van der Waals surface area (Å²) >= 11 is 0. The van der Waals surface area contributed by atoms with Crippen molar-refractivity contribution in [2.24, 2.45) is 0 Å². The van der Waals surface area contributed by atoms with Crippen LogP contribution in [0.3, 0.4) is 0 Å². The van der Waals surface area contributed by atoms with Gasteiger partial charge in [-0.2, -0.15) is 0 Å². The van der Waals surface area contributed by atoms with Crippen molar-refractivity contribution in [1.29, 1.82) is 0 Å². The first-order valence-corrected chi connectivity index (χ1v) is 8.43. The zero-order valence-corrected chi connectivity index (χ0v) is 15.2. The number of hydrogen-bond donors (Lipinski definition) is 2. The Morgan fingerprint density at radius 2 is 1.56 bits per heavy atom. The van der Waals surface area contributed by atoms with Crippen molar-refractivity contribution >= 4 is 11.6 Å². The zero-order chi connectivity index (χ0) is 19.1. The van der Waals surface area contributed by atoms with E-state index in [1.54, 1.807) is 38.5 Å². The van der Waals surface area contributed by atoms with Crippen molar-refractivity contribution in [2.45, 2.75) is 13.1 Å². The maximum absolute atomic E-state index is 13.7. The van der Waals surface area contributed by atoms with E-state index in [1.165, 1.54) is 12.4 Å². The molecule has 0 saturated carbocycles. The first-order chi connectivity index (χ1) is 13.2. The van der Waals surface area contributed by atoms with Crippen LogP contribution < -0.4 is 20.1 Å². The molecular formula is C20H21FN4O2. The lowest BCUT2D eigenvalue weighted by Gasteiger charge is -2.11. The molecule has 0 aliphatic rings. The second kappa shape index (κ2) is 8.84. The number of aromatic nitrogens is 2. The summed E-state index contributed by atoms with van der Waals surface area (Å²) < 4.78 is 24.2. The predicted octanol–water partition coefficient (Wildman–Crippen LogP) is 3.86. The largest absolute Gasteiger partial charge is 0.493 e. The first kappa shape index (κ1) is 18.4. The molecule has 0 saturated heterocycles. The van der Waals surface area contributed by atoms with E-state index in [0.29, 0.717) is 41.8 Å². The van der Waals surface area contributed by atoms with Crippen LogP contribution in [0.4, 0.5) is 16.0 Å². The molecule has 140 valence electrons. The number of methoxy groups -OCH3 is 2. The molecule has 0 fully saturated rings. The van der Waals surface area contributed by atoms with Crippen molar-refractivity contribution < 1.29 is 13.9 Å². The molecule has 0 aliphatic heterocycles. The SMILES string of the molecule is COc1ccc(CNc2cc(NCc3ccccc3F)ncn2)cc1OC. The van der Waals surface area contributed by atoms with Crippen LogP contribution in [0.25, 0.3) is 0 Å². The molecule has 1 aromatic heterocycles. The van der Waals surface area contributed by atoms with E-state index in [2.05, 4.69) is 20.6 Å². The number of halogens is 1. The van der Waals surface area contributed by atoms with Crippen LogP contribution in [0.1, 0.15) is 11.1 Å². The maximum atomic E-state index is 13.7. The number of hydrogen-bond acceptors (Lipinski definition) is 6. The van der Waals surface area contributed by atoms with Gasteiger partial charge in [-0.25, -0.2) is 14.4 Å². The Balaban J connectivity index is 1.61. The van der Waals surface area contributed by atoms with Gasteiger partial charge in [0.25, 0.3) is 0 Å². The lowest BCUT2D eigenvalue weighted by atomic mass is 10.2. The monoisotopic (exact) mass is 368 g/mol. The second-order valence-electron chi connectivity index (χ2n) is 5.78. The second-order valence-corrected chi connectivity index (χ2v) is 5.78. The first-order valence-electron chi connectivity index (χ1n) is 8.43. The van der Waals surface area contributed by atoms with Crippen LogP contribution in [-0.4, -0.2) is 24.2 Å². The third-order valence-electron chi connectivity index (χ3n) is 4.01. The highest BCUT2D eigenvalue weighted by Crippen LogP contribution is 2.27. The van der Waals surface area contributed by atoms with Gasteiger partial charge in [-0.15, -0.1) is 0 Å². The van der Waals surface area contributed by atoms with E-state index in [-0.39, 0.29) is 5.82 Å². The van der Waals surface area contributed by atoms with Crippen LogP contribution >= 0.6 is 0 Å². The quantitative estimate of drug-likeness (QED) is 0.629. The Kier molecular flexibility index (Phi) is 6.04. The maximum Gasteiger partial charge on any atom is 0.161 e. The fourth-order valence-corrected chi connectivity index (χ4v) is 2.56. The minimum Gasteiger partial charge on any atom is -0.493 e. The van der Waals surface area contributed by atoms with Crippen molar-refractivity contribution in [3.63, 3.8) is 0 Å². The van der Waals surface area contributed by atoms with Gasteiger partial charge >= 0.3 is 0 Å². The summed E-state index contributed by atoms with van der Waals surface area (Å²) in [6.07, 6.45) is 1.46. The summed E-state index contributed by atoms with van der Waals surface area (Å²) in [6.45, 7) is 0.906. The summed E-state index contributed by atoms with van der Waals surface area (Å²) in [6, 6.07) is 14.1. The highest BCUT2D eigenvalue weighted by Gasteiger charge is 2.06. The minimum absolute atomic E-state index is 0.245. The molecule has 1 heterocycles. The minimum atomic E-state index is -0.245. The van der Waals surface area contributed by atoms with Crippen molar-refractivity contribution in [1.82, 2.24) is 9.97 Å². The molecule has 27 heavy (non-hydrogen) atoms. The van der Waals surface area contributed by atoms with Crippen LogP contribution in [0.5, 0.6) is 11.5 Å². The van der Waals surface area contributed by atoms with Crippen LogP contribution in [0, 0.1) is 5.82 Å². The highest BCUT2D eigenvalue weighted by atomic mass is 19.1. The molecule has 3 rings (SSSR count). The molecule has 0 amide bonds. The van der Waals surface area contributed by atoms with Gasteiger partial charge in [0, 0.05) is 24.7 Å². The molecule has 7 heteroatoms. The molecule has 6 nitrogen and oxygen atoms in total. The van der Waals surface area contributed by atoms with E-state index in [9.17, 15) is 4.39 Å². The van der Waals surface area contributed by atoms with E-state index in [1.807, 2.05) is 18.2 Å². The molecule has 3 aromatic rings. The Hall–Kier alpha value is -3.35. The number of nitrogens with zero attached hydrogens (tertiary/aromatic N) is 2. The van der Waals surface area contributed by atoms with Crippen LogP contribution in [-0.2, 0) is 13.1 Å². The van der Waals surface area contributed by atoms with Gasteiger partial charge in [0.05, 0.1) is 14.2 Å². The number of nitrogens with one attached hydrogen (secondary N) is 2. The summed E-state index contributed by atoms with van der Waals surface area (Å²) in [7, 11) is 3.21. The van der Waals surface area contributed by atoms with Gasteiger partial charge in [-0.3, -0.25) is 0 Å². The number of anilines is 2. The van der Waals surface area contributed by atoms with E-state index >= 15 is 0 Å². The molecule has 0 atom stereocenters. The third kappa shape index (κ3) is 4.84. The standard InChI is InChI=1S/C20H21FN4O2/c1-26-17-8-7-14(9-18(17)27-2)11-22-19-10-20(25-13-24-19)23-12-15-5-3-4-6-16(15)21/h3-10,13H,11-12H2,1-2H3,(H2,22,23,24,25). The Labute approximate surface area is 157 Å². The number of benzene rings is 2. The molecule has 0 bridgehead atoms. The van der Waals surface area contributed by atoms with E-state index in [0.717, 1.165) is 5.56 Å². The third-order valence-corrected chi connectivity index (χ3v) is 4.01. The lowest BCUT2D eigenvalue weighted by Crippen LogP contribution is -2.06.